The highest BCUT2D eigenvalue weighted by Gasteiger charge is 2.06. The van der Waals surface area contributed by atoms with Crippen LogP contribution in [0.1, 0.15) is 11.1 Å². The molecule has 2 aromatic carbocycles. The Morgan fingerprint density at radius 2 is 1.81 bits per heavy atom. The van der Waals surface area contributed by atoms with Crippen LogP contribution >= 0.6 is 15.9 Å². The van der Waals surface area contributed by atoms with Crippen LogP contribution in [0.3, 0.4) is 0 Å². The van der Waals surface area contributed by atoms with Crippen molar-refractivity contribution in [1.29, 1.82) is 0 Å². The molecule has 0 amide bonds. The molecular formula is C17H21BrN2O. The van der Waals surface area contributed by atoms with Gasteiger partial charge in [-0.05, 0) is 29.8 Å². The van der Waals surface area contributed by atoms with Gasteiger partial charge >= 0.3 is 0 Å². The zero-order valence-electron chi connectivity index (χ0n) is 12.7. The number of ether oxygens (including phenoxy) is 1. The van der Waals surface area contributed by atoms with Crippen molar-refractivity contribution in [1.82, 2.24) is 0 Å². The van der Waals surface area contributed by atoms with Gasteiger partial charge in [0.25, 0.3) is 0 Å². The van der Waals surface area contributed by atoms with E-state index in [0.29, 0.717) is 6.61 Å². The fourth-order valence-electron chi connectivity index (χ4n) is 2.12. The number of benzene rings is 2. The Kier molecular flexibility index (Phi) is 5.65. The lowest BCUT2D eigenvalue weighted by molar-refractivity contribution is 0.185. The van der Waals surface area contributed by atoms with Gasteiger partial charge in [-0.3, -0.25) is 0 Å². The van der Waals surface area contributed by atoms with E-state index in [1.54, 1.807) is 7.11 Å². The van der Waals surface area contributed by atoms with Gasteiger partial charge in [0, 0.05) is 49.2 Å². The molecule has 0 spiro atoms. The Bertz CT molecular complexity index is 582. The Labute approximate surface area is 135 Å². The first-order valence-electron chi connectivity index (χ1n) is 6.88. The molecule has 0 fully saturated rings. The van der Waals surface area contributed by atoms with Crippen LogP contribution in [0.2, 0.25) is 0 Å². The van der Waals surface area contributed by atoms with Gasteiger partial charge < -0.3 is 15.0 Å². The highest BCUT2D eigenvalue weighted by Crippen LogP contribution is 2.26. The number of nitrogens with zero attached hydrogens (tertiary/aromatic N) is 1. The second kappa shape index (κ2) is 7.48. The van der Waals surface area contributed by atoms with E-state index >= 15 is 0 Å². The minimum absolute atomic E-state index is 0.587. The predicted molar refractivity (Wildman–Crippen MR) is 93.0 cm³/mol. The van der Waals surface area contributed by atoms with Crippen molar-refractivity contribution in [2.24, 2.45) is 0 Å². The topological polar surface area (TPSA) is 24.5 Å². The van der Waals surface area contributed by atoms with Crippen molar-refractivity contribution >= 4 is 27.3 Å². The molecule has 0 unspecified atom stereocenters. The summed E-state index contributed by atoms with van der Waals surface area (Å²) in [4.78, 5) is 2.10. The highest BCUT2D eigenvalue weighted by atomic mass is 79.9. The summed E-state index contributed by atoms with van der Waals surface area (Å²) in [7, 11) is 5.81. The molecule has 0 radical (unpaired) electrons. The average molecular weight is 349 g/mol. The molecule has 0 heterocycles. The molecule has 0 saturated heterocycles. The lowest BCUT2D eigenvalue weighted by Gasteiger charge is -2.15. The fourth-order valence-corrected chi connectivity index (χ4v) is 2.61. The molecule has 0 aliphatic rings. The van der Waals surface area contributed by atoms with Crippen LogP contribution in [-0.2, 0) is 17.9 Å². The summed E-state index contributed by atoms with van der Waals surface area (Å²) in [5.74, 6) is 0. The van der Waals surface area contributed by atoms with Crippen molar-refractivity contribution in [2.45, 2.75) is 13.2 Å². The van der Waals surface area contributed by atoms with Crippen LogP contribution < -0.4 is 10.2 Å². The van der Waals surface area contributed by atoms with Crippen LogP contribution in [0.15, 0.2) is 46.9 Å². The quantitative estimate of drug-likeness (QED) is 0.843. The van der Waals surface area contributed by atoms with Crippen molar-refractivity contribution in [3.8, 4) is 0 Å². The first-order valence-corrected chi connectivity index (χ1v) is 7.67. The molecule has 3 nitrogen and oxygen atoms in total. The minimum Gasteiger partial charge on any atom is -0.381 e. The summed E-state index contributed by atoms with van der Waals surface area (Å²) < 4.78 is 6.33. The van der Waals surface area contributed by atoms with Gasteiger partial charge in [-0.2, -0.15) is 0 Å². The Hall–Kier alpha value is -1.52. The minimum atomic E-state index is 0.587. The smallest absolute Gasteiger partial charge is 0.0744 e. The predicted octanol–water partition coefficient (Wildman–Crippen LogP) is 4.27. The van der Waals surface area contributed by atoms with Gasteiger partial charge in [0.1, 0.15) is 0 Å². The molecule has 21 heavy (non-hydrogen) atoms. The fraction of sp³-hybridized carbons (Fsp3) is 0.294. The SMILES string of the molecule is COCc1c(Br)cccc1NCc1ccc(N(C)C)cc1. The second-order valence-corrected chi connectivity index (χ2v) is 5.97. The van der Waals surface area contributed by atoms with Crippen LogP contribution in [0, 0.1) is 0 Å². The van der Waals surface area contributed by atoms with E-state index in [0.717, 1.165) is 22.3 Å². The van der Waals surface area contributed by atoms with Crippen LogP contribution in [0.4, 0.5) is 11.4 Å². The summed E-state index contributed by atoms with van der Waals surface area (Å²) in [6.45, 7) is 1.38. The maximum Gasteiger partial charge on any atom is 0.0744 e. The van der Waals surface area contributed by atoms with Crippen molar-refractivity contribution in [3.05, 3.63) is 58.1 Å². The van der Waals surface area contributed by atoms with E-state index in [1.807, 2.05) is 26.2 Å². The van der Waals surface area contributed by atoms with Crippen molar-refractivity contribution < 1.29 is 4.74 Å². The lowest BCUT2D eigenvalue weighted by atomic mass is 10.1. The number of halogens is 1. The molecule has 0 atom stereocenters. The summed E-state index contributed by atoms with van der Waals surface area (Å²) in [6.07, 6.45) is 0. The molecule has 0 aliphatic heterocycles. The number of rotatable bonds is 6. The zero-order chi connectivity index (χ0) is 15.2. The standard InChI is InChI=1S/C17H21BrN2O/c1-20(2)14-9-7-13(8-10-14)11-19-17-6-4-5-16(18)15(17)12-21-3/h4-10,19H,11-12H2,1-3H3. The largest absolute Gasteiger partial charge is 0.381 e. The maximum atomic E-state index is 5.27. The third kappa shape index (κ3) is 4.22. The van der Waals surface area contributed by atoms with E-state index in [2.05, 4.69) is 56.5 Å². The molecule has 1 N–H and O–H groups in total. The van der Waals surface area contributed by atoms with Crippen LogP contribution in [-0.4, -0.2) is 21.2 Å². The molecule has 0 saturated carbocycles. The van der Waals surface area contributed by atoms with Gasteiger partial charge in [0.05, 0.1) is 6.61 Å². The van der Waals surface area contributed by atoms with E-state index in [1.165, 1.54) is 11.3 Å². The molecule has 0 aromatic heterocycles. The average Bonchev–Trinajstić information content (AvgIpc) is 2.48. The van der Waals surface area contributed by atoms with E-state index in [9.17, 15) is 0 Å². The molecule has 2 aromatic rings. The Morgan fingerprint density at radius 3 is 2.43 bits per heavy atom. The highest BCUT2D eigenvalue weighted by molar-refractivity contribution is 9.10. The normalized spacial score (nSPS) is 10.5. The summed E-state index contributed by atoms with van der Waals surface area (Å²) in [6, 6.07) is 14.7. The van der Waals surface area contributed by atoms with E-state index < -0.39 is 0 Å². The number of nitrogens with one attached hydrogen (secondary N) is 1. The van der Waals surface area contributed by atoms with Crippen molar-refractivity contribution in [3.63, 3.8) is 0 Å². The lowest BCUT2D eigenvalue weighted by Crippen LogP contribution is -2.08. The van der Waals surface area contributed by atoms with E-state index in [-0.39, 0.29) is 0 Å². The molecule has 0 aliphatic carbocycles. The number of hydrogen-bond acceptors (Lipinski definition) is 3. The van der Waals surface area contributed by atoms with Gasteiger partial charge in [-0.25, -0.2) is 0 Å². The van der Waals surface area contributed by atoms with Crippen LogP contribution in [0.25, 0.3) is 0 Å². The summed E-state index contributed by atoms with van der Waals surface area (Å²) >= 11 is 3.57. The number of hydrogen-bond donors (Lipinski definition) is 1. The van der Waals surface area contributed by atoms with Crippen LogP contribution in [0.5, 0.6) is 0 Å². The third-order valence-corrected chi connectivity index (χ3v) is 4.09. The molecule has 4 heteroatoms. The third-order valence-electron chi connectivity index (χ3n) is 3.34. The van der Waals surface area contributed by atoms with Gasteiger partial charge in [0.15, 0.2) is 0 Å². The first-order chi connectivity index (χ1) is 10.1. The summed E-state index contributed by atoms with van der Waals surface area (Å²) in [5.41, 5.74) is 4.71. The monoisotopic (exact) mass is 348 g/mol. The molecule has 2 rings (SSSR count). The zero-order valence-corrected chi connectivity index (χ0v) is 14.3. The first kappa shape index (κ1) is 15.9. The van der Waals surface area contributed by atoms with Crippen molar-refractivity contribution in [2.75, 3.05) is 31.4 Å². The Balaban J connectivity index is 2.07. The van der Waals surface area contributed by atoms with E-state index in [4.69, 9.17) is 4.74 Å². The van der Waals surface area contributed by atoms with Gasteiger partial charge in [0.2, 0.25) is 0 Å². The molecular weight excluding hydrogens is 328 g/mol. The van der Waals surface area contributed by atoms with Gasteiger partial charge in [-0.1, -0.05) is 34.1 Å². The molecule has 0 bridgehead atoms. The molecule has 112 valence electrons. The number of methoxy groups -OCH3 is 1. The maximum absolute atomic E-state index is 5.27. The second-order valence-electron chi connectivity index (χ2n) is 5.11. The number of anilines is 2. The Morgan fingerprint density at radius 1 is 1.10 bits per heavy atom. The summed E-state index contributed by atoms with van der Waals surface area (Å²) in [5, 5.41) is 3.48. The van der Waals surface area contributed by atoms with Gasteiger partial charge in [-0.15, -0.1) is 0 Å².